The molecule has 1 aromatic carbocycles. The summed E-state index contributed by atoms with van der Waals surface area (Å²) in [6.45, 7) is 6.24. The van der Waals surface area contributed by atoms with Gasteiger partial charge in [-0.15, -0.1) is 0 Å². The monoisotopic (exact) mass is 450 g/mol. The topological polar surface area (TPSA) is 171 Å². The van der Waals surface area contributed by atoms with Crippen LogP contribution >= 0.6 is 0 Å². The molecule has 0 fully saturated rings. The molecular weight excluding hydrogens is 416 g/mol. The second-order valence-electron chi connectivity index (χ2n) is 7.96. The highest BCUT2D eigenvalue weighted by Gasteiger charge is 2.33. The molecule has 6 unspecified atom stereocenters. The van der Waals surface area contributed by atoms with Gasteiger partial charge >= 0.3 is 5.97 Å². The van der Waals surface area contributed by atoms with Gasteiger partial charge in [-0.3, -0.25) is 14.4 Å². The van der Waals surface area contributed by atoms with Gasteiger partial charge in [0.25, 0.3) is 0 Å². The minimum absolute atomic E-state index is 0.300. The van der Waals surface area contributed by atoms with E-state index in [4.69, 9.17) is 5.73 Å². The van der Waals surface area contributed by atoms with Gasteiger partial charge in [-0.05, 0) is 31.7 Å². The lowest BCUT2D eigenvalue weighted by molar-refractivity contribution is -0.145. The van der Waals surface area contributed by atoms with Crippen molar-refractivity contribution in [2.45, 2.75) is 70.8 Å². The highest BCUT2D eigenvalue weighted by atomic mass is 16.4. The highest BCUT2D eigenvalue weighted by Crippen LogP contribution is 2.10. The van der Waals surface area contributed by atoms with E-state index in [1.165, 1.54) is 13.8 Å². The van der Waals surface area contributed by atoms with E-state index in [0.717, 1.165) is 5.56 Å². The van der Waals surface area contributed by atoms with Crippen molar-refractivity contribution < 1.29 is 29.4 Å². The maximum atomic E-state index is 12.6. The Morgan fingerprint density at radius 2 is 1.47 bits per heavy atom. The van der Waals surface area contributed by atoms with Gasteiger partial charge in [-0.1, -0.05) is 50.6 Å². The number of carboxylic acids is 1. The van der Waals surface area contributed by atoms with Crippen LogP contribution in [-0.4, -0.2) is 64.2 Å². The largest absolute Gasteiger partial charge is 0.480 e. The molecule has 0 aliphatic heterocycles. The lowest BCUT2D eigenvalue weighted by Crippen LogP contribution is -2.59. The van der Waals surface area contributed by atoms with Crippen molar-refractivity contribution >= 4 is 23.7 Å². The fourth-order valence-corrected chi connectivity index (χ4v) is 2.96. The van der Waals surface area contributed by atoms with Gasteiger partial charge in [0.1, 0.15) is 12.1 Å². The third kappa shape index (κ3) is 8.27. The Kier molecular flexibility index (Phi) is 10.8. The van der Waals surface area contributed by atoms with Crippen LogP contribution in [0.4, 0.5) is 0 Å². The van der Waals surface area contributed by atoms with Gasteiger partial charge in [-0.25, -0.2) is 4.79 Å². The van der Waals surface area contributed by atoms with E-state index in [-0.39, 0.29) is 5.92 Å². The molecule has 10 heteroatoms. The normalized spacial score (nSPS) is 16.6. The molecule has 7 N–H and O–H groups in total. The van der Waals surface area contributed by atoms with Crippen LogP contribution in [0.5, 0.6) is 0 Å². The first kappa shape index (κ1) is 27.1. The molecular formula is C22H34N4O6. The Balaban J connectivity index is 2.77. The van der Waals surface area contributed by atoms with E-state index in [0.29, 0.717) is 12.8 Å². The van der Waals surface area contributed by atoms with Crippen LogP contribution in [0.1, 0.15) is 39.7 Å². The van der Waals surface area contributed by atoms with Crippen molar-refractivity contribution in [3.05, 3.63) is 35.9 Å². The molecule has 32 heavy (non-hydrogen) atoms. The van der Waals surface area contributed by atoms with Crippen LogP contribution in [0.2, 0.25) is 0 Å². The molecule has 0 radical (unpaired) electrons. The lowest BCUT2D eigenvalue weighted by atomic mass is 9.97. The quantitative estimate of drug-likeness (QED) is 0.250. The molecule has 1 aromatic rings. The molecule has 0 spiro atoms. The Hall–Kier alpha value is -2.98. The summed E-state index contributed by atoms with van der Waals surface area (Å²) >= 11 is 0. The number of benzene rings is 1. The number of nitrogens with two attached hydrogens (primary N) is 1. The second-order valence-corrected chi connectivity index (χ2v) is 7.96. The first-order valence-corrected chi connectivity index (χ1v) is 10.6. The fourth-order valence-electron chi connectivity index (χ4n) is 2.96. The molecule has 0 heterocycles. The number of amides is 3. The van der Waals surface area contributed by atoms with Gasteiger partial charge in [-0.2, -0.15) is 0 Å². The summed E-state index contributed by atoms with van der Waals surface area (Å²) in [5.74, 6) is -3.59. The molecule has 6 atom stereocenters. The SMILES string of the molecule is CCC(C)C(NC(=O)C(C)NC(=O)C(N)Cc1ccccc1)C(=O)NC(C(=O)O)C(C)O. The molecule has 178 valence electrons. The first-order chi connectivity index (χ1) is 15.0. The van der Waals surface area contributed by atoms with E-state index in [1.807, 2.05) is 37.3 Å². The number of carboxylic acid groups (broad SMARTS) is 1. The smallest absolute Gasteiger partial charge is 0.328 e. The van der Waals surface area contributed by atoms with Crippen molar-refractivity contribution in [1.82, 2.24) is 16.0 Å². The summed E-state index contributed by atoms with van der Waals surface area (Å²) < 4.78 is 0. The number of aliphatic carboxylic acids is 1. The average molecular weight is 451 g/mol. The number of hydrogen-bond acceptors (Lipinski definition) is 6. The van der Waals surface area contributed by atoms with Crippen LogP contribution in [-0.2, 0) is 25.6 Å². The molecule has 0 bridgehead atoms. The molecule has 1 rings (SSSR count). The number of carbonyl (C=O) groups excluding carboxylic acids is 3. The van der Waals surface area contributed by atoms with Gasteiger partial charge < -0.3 is 31.9 Å². The van der Waals surface area contributed by atoms with Gasteiger partial charge in [0.2, 0.25) is 17.7 Å². The van der Waals surface area contributed by atoms with E-state index < -0.39 is 54.0 Å². The highest BCUT2D eigenvalue weighted by molar-refractivity contribution is 5.94. The second kappa shape index (κ2) is 12.8. The third-order valence-corrected chi connectivity index (χ3v) is 5.23. The Labute approximate surface area is 187 Å². The van der Waals surface area contributed by atoms with Crippen LogP contribution in [0, 0.1) is 5.92 Å². The molecule has 0 saturated heterocycles. The van der Waals surface area contributed by atoms with Crippen molar-refractivity contribution in [1.29, 1.82) is 0 Å². The van der Waals surface area contributed by atoms with Crippen molar-refractivity contribution in [3.63, 3.8) is 0 Å². The van der Waals surface area contributed by atoms with Crippen LogP contribution in [0.15, 0.2) is 30.3 Å². The zero-order chi connectivity index (χ0) is 24.4. The summed E-state index contributed by atoms with van der Waals surface area (Å²) in [5.41, 5.74) is 6.82. The van der Waals surface area contributed by atoms with Crippen molar-refractivity contribution in [3.8, 4) is 0 Å². The van der Waals surface area contributed by atoms with E-state index >= 15 is 0 Å². The summed E-state index contributed by atoms with van der Waals surface area (Å²) in [6.07, 6.45) is -0.503. The average Bonchev–Trinajstić information content (AvgIpc) is 2.74. The first-order valence-electron chi connectivity index (χ1n) is 10.6. The van der Waals surface area contributed by atoms with Gasteiger partial charge in [0, 0.05) is 0 Å². The Morgan fingerprint density at radius 1 is 0.906 bits per heavy atom. The molecule has 0 aliphatic rings. The Bertz CT molecular complexity index is 786. The van der Waals surface area contributed by atoms with E-state index in [9.17, 15) is 29.4 Å². The zero-order valence-electron chi connectivity index (χ0n) is 18.9. The molecule has 0 aromatic heterocycles. The van der Waals surface area contributed by atoms with Crippen LogP contribution in [0.25, 0.3) is 0 Å². The van der Waals surface area contributed by atoms with Gasteiger partial charge in [0.15, 0.2) is 6.04 Å². The minimum Gasteiger partial charge on any atom is -0.480 e. The predicted molar refractivity (Wildman–Crippen MR) is 118 cm³/mol. The van der Waals surface area contributed by atoms with E-state index in [1.54, 1.807) is 6.92 Å². The predicted octanol–water partition coefficient (Wildman–Crippen LogP) is -0.458. The zero-order valence-corrected chi connectivity index (χ0v) is 18.9. The molecule has 0 aliphatic carbocycles. The number of hydrogen-bond donors (Lipinski definition) is 6. The van der Waals surface area contributed by atoms with E-state index in [2.05, 4.69) is 16.0 Å². The third-order valence-electron chi connectivity index (χ3n) is 5.23. The van der Waals surface area contributed by atoms with Crippen LogP contribution in [0.3, 0.4) is 0 Å². The fraction of sp³-hybridized carbons (Fsp3) is 0.545. The number of aliphatic hydroxyl groups is 1. The number of rotatable bonds is 12. The maximum Gasteiger partial charge on any atom is 0.328 e. The maximum absolute atomic E-state index is 12.6. The van der Waals surface area contributed by atoms with Gasteiger partial charge in [0.05, 0.1) is 12.1 Å². The molecule has 3 amide bonds. The summed E-state index contributed by atoms with van der Waals surface area (Å²) in [5, 5.41) is 26.1. The summed E-state index contributed by atoms with van der Waals surface area (Å²) in [7, 11) is 0. The minimum atomic E-state index is -1.51. The Morgan fingerprint density at radius 3 is 1.97 bits per heavy atom. The van der Waals surface area contributed by atoms with Crippen molar-refractivity contribution in [2.75, 3.05) is 0 Å². The lowest BCUT2D eigenvalue weighted by Gasteiger charge is -2.27. The summed E-state index contributed by atoms with van der Waals surface area (Å²) in [4.78, 5) is 48.9. The summed E-state index contributed by atoms with van der Waals surface area (Å²) in [6, 6.07) is 4.81. The standard InChI is InChI=1S/C22H34N4O6/c1-5-12(2)17(21(30)26-18(14(4)27)22(31)32)25-19(28)13(3)24-20(29)16(23)11-15-9-7-6-8-10-15/h6-10,12-14,16-18,27H,5,11,23H2,1-4H3,(H,24,29)(H,25,28)(H,26,30)(H,31,32). The number of aliphatic hydroxyl groups excluding tert-OH is 1. The van der Waals surface area contributed by atoms with Crippen molar-refractivity contribution in [2.24, 2.45) is 11.7 Å². The van der Waals surface area contributed by atoms with Crippen LogP contribution < -0.4 is 21.7 Å². The molecule has 0 saturated carbocycles. The molecule has 10 nitrogen and oxygen atoms in total. The number of carbonyl (C=O) groups is 4. The number of nitrogens with one attached hydrogen (secondary N) is 3.